The Hall–Kier alpha value is -2.04. The Morgan fingerprint density at radius 1 is 1.50 bits per heavy atom. The largest absolute Gasteiger partial charge is 0.468 e. The third kappa shape index (κ3) is 1.52. The molecule has 2 aromatic heterocycles. The van der Waals surface area contributed by atoms with Gasteiger partial charge in [0.2, 0.25) is 0 Å². The van der Waals surface area contributed by atoms with Crippen LogP contribution >= 0.6 is 0 Å². The van der Waals surface area contributed by atoms with E-state index in [9.17, 15) is 4.79 Å². The first-order chi connectivity index (χ1) is 6.79. The Balaban J connectivity index is 2.54. The van der Waals surface area contributed by atoms with Crippen molar-refractivity contribution in [2.24, 2.45) is 0 Å². The van der Waals surface area contributed by atoms with Gasteiger partial charge in [-0.25, -0.2) is 0 Å². The van der Waals surface area contributed by atoms with E-state index in [0.717, 1.165) is 6.07 Å². The van der Waals surface area contributed by atoms with Gasteiger partial charge >= 0.3 is 0 Å². The highest BCUT2D eigenvalue weighted by Crippen LogP contribution is 2.19. The lowest BCUT2D eigenvalue weighted by Crippen LogP contribution is -2.05. The minimum absolute atomic E-state index is 0.108. The van der Waals surface area contributed by atoms with E-state index in [1.54, 1.807) is 12.1 Å². The second kappa shape index (κ2) is 3.37. The summed E-state index contributed by atoms with van der Waals surface area (Å²) in [6.07, 6.45) is 1.47. The summed E-state index contributed by atoms with van der Waals surface area (Å²) in [5.41, 5.74) is -0.431. The lowest BCUT2D eigenvalue weighted by atomic mass is 10.4. The van der Waals surface area contributed by atoms with E-state index in [-0.39, 0.29) is 11.8 Å². The van der Waals surface area contributed by atoms with Crippen LogP contribution in [0, 0.1) is 0 Å². The van der Waals surface area contributed by atoms with Gasteiger partial charge in [-0.15, -0.1) is 0 Å². The van der Waals surface area contributed by atoms with Crippen LogP contribution in [0.15, 0.2) is 38.1 Å². The first kappa shape index (κ1) is 8.55. The molecular formula is C9H7NO4. The van der Waals surface area contributed by atoms with Crippen LogP contribution < -0.4 is 10.3 Å². The molecule has 14 heavy (non-hydrogen) atoms. The molecule has 0 N–H and O–H groups in total. The number of ether oxygens (including phenoxy) is 1. The van der Waals surface area contributed by atoms with Gasteiger partial charge in [-0.05, 0) is 12.1 Å². The first-order valence-corrected chi connectivity index (χ1v) is 3.89. The van der Waals surface area contributed by atoms with E-state index in [1.807, 2.05) is 0 Å². The zero-order valence-corrected chi connectivity index (χ0v) is 7.39. The highest BCUT2D eigenvalue weighted by Gasteiger charge is 2.08. The van der Waals surface area contributed by atoms with Gasteiger partial charge in [0.25, 0.3) is 17.4 Å². The van der Waals surface area contributed by atoms with E-state index in [1.165, 1.54) is 13.4 Å². The fourth-order valence-electron chi connectivity index (χ4n) is 0.987. The van der Waals surface area contributed by atoms with Crippen molar-refractivity contribution in [1.82, 2.24) is 4.98 Å². The summed E-state index contributed by atoms with van der Waals surface area (Å²) in [5.74, 6) is 0.608. The molecular weight excluding hydrogens is 186 g/mol. The molecule has 0 atom stereocenters. The lowest BCUT2D eigenvalue weighted by Gasteiger charge is -1.98. The Labute approximate surface area is 78.9 Å². The minimum Gasteiger partial charge on any atom is -0.468 e. The predicted molar refractivity (Wildman–Crippen MR) is 47.0 cm³/mol. The molecule has 0 unspecified atom stereocenters. The molecule has 5 heteroatoms. The molecule has 0 aliphatic rings. The molecule has 72 valence electrons. The van der Waals surface area contributed by atoms with Crippen LogP contribution in [0.4, 0.5) is 0 Å². The van der Waals surface area contributed by atoms with Crippen molar-refractivity contribution in [3.8, 4) is 17.6 Å². The SMILES string of the molecule is COc1cc(=O)nc(-c2ccco2)o1. The number of furan rings is 1. The van der Waals surface area contributed by atoms with Crippen molar-refractivity contribution < 1.29 is 13.6 Å². The van der Waals surface area contributed by atoms with E-state index in [4.69, 9.17) is 13.6 Å². The van der Waals surface area contributed by atoms with E-state index >= 15 is 0 Å². The van der Waals surface area contributed by atoms with Gasteiger partial charge in [0.05, 0.1) is 19.4 Å². The fourth-order valence-corrected chi connectivity index (χ4v) is 0.987. The zero-order chi connectivity index (χ0) is 9.97. The van der Waals surface area contributed by atoms with Crippen LogP contribution in [0.3, 0.4) is 0 Å². The quantitative estimate of drug-likeness (QED) is 0.719. The van der Waals surface area contributed by atoms with Gasteiger partial charge in [-0.1, -0.05) is 0 Å². The smallest absolute Gasteiger partial charge is 0.291 e. The Bertz CT molecular complexity index is 472. The molecule has 0 aromatic carbocycles. The normalized spacial score (nSPS) is 10.1. The van der Waals surface area contributed by atoms with Crippen molar-refractivity contribution >= 4 is 0 Å². The Morgan fingerprint density at radius 3 is 3.00 bits per heavy atom. The van der Waals surface area contributed by atoms with Gasteiger partial charge in [-0.2, -0.15) is 4.98 Å². The molecule has 0 radical (unpaired) electrons. The summed E-state index contributed by atoms with van der Waals surface area (Å²) in [7, 11) is 1.41. The second-order valence-corrected chi connectivity index (χ2v) is 2.50. The maximum absolute atomic E-state index is 11.1. The summed E-state index contributed by atoms with van der Waals surface area (Å²) in [4.78, 5) is 14.7. The zero-order valence-electron chi connectivity index (χ0n) is 7.39. The maximum atomic E-state index is 11.1. The number of methoxy groups -OCH3 is 1. The topological polar surface area (TPSA) is 65.5 Å². The predicted octanol–water partition coefficient (Wildman–Crippen LogP) is 1.30. The van der Waals surface area contributed by atoms with Crippen molar-refractivity contribution in [3.05, 3.63) is 34.8 Å². The molecule has 0 aliphatic heterocycles. The third-order valence-electron chi connectivity index (χ3n) is 1.58. The molecule has 2 aromatic rings. The van der Waals surface area contributed by atoms with Crippen molar-refractivity contribution in [2.75, 3.05) is 7.11 Å². The Kier molecular flexibility index (Phi) is 2.06. The molecule has 0 saturated carbocycles. The lowest BCUT2D eigenvalue weighted by molar-refractivity contribution is 0.293. The number of hydrogen-bond acceptors (Lipinski definition) is 5. The molecule has 2 rings (SSSR count). The molecule has 0 fully saturated rings. The van der Waals surface area contributed by atoms with Gasteiger partial charge in [0.15, 0.2) is 5.76 Å². The van der Waals surface area contributed by atoms with E-state index in [2.05, 4.69) is 4.98 Å². The van der Waals surface area contributed by atoms with Gasteiger partial charge in [0, 0.05) is 0 Å². The van der Waals surface area contributed by atoms with Crippen molar-refractivity contribution in [3.63, 3.8) is 0 Å². The van der Waals surface area contributed by atoms with Gasteiger partial charge in [-0.3, -0.25) is 4.79 Å². The molecule has 0 spiro atoms. The first-order valence-electron chi connectivity index (χ1n) is 3.89. The molecule has 0 saturated heterocycles. The Morgan fingerprint density at radius 2 is 2.36 bits per heavy atom. The van der Waals surface area contributed by atoms with Crippen molar-refractivity contribution in [2.45, 2.75) is 0 Å². The maximum Gasteiger partial charge on any atom is 0.291 e. The van der Waals surface area contributed by atoms with Gasteiger partial charge in [0.1, 0.15) is 0 Å². The standard InChI is InChI=1S/C9H7NO4/c1-12-8-5-7(11)10-9(14-8)6-3-2-4-13-6/h2-5H,1H3. The summed E-state index contributed by atoms with van der Waals surface area (Å²) in [6.45, 7) is 0. The monoisotopic (exact) mass is 193 g/mol. The summed E-state index contributed by atoms with van der Waals surface area (Å²) in [5, 5.41) is 0. The van der Waals surface area contributed by atoms with Crippen LogP contribution in [0.5, 0.6) is 5.95 Å². The number of rotatable bonds is 2. The minimum atomic E-state index is -0.431. The van der Waals surface area contributed by atoms with Crippen LogP contribution in [0.2, 0.25) is 0 Å². The molecule has 0 bridgehead atoms. The molecule has 0 aliphatic carbocycles. The number of hydrogen-bond donors (Lipinski definition) is 0. The average molecular weight is 193 g/mol. The summed E-state index contributed by atoms with van der Waals surface area (Å²) in [6, 6.07) is 4.48. The van der Waals surface area contributed by atoms with Crippen molar-refractivity contribution in [1.29, 1.82) is 0 Å². The van der Waals surface area contributed by atoms with Crippen LogP contribution in [0.1, 0.15) is 0 Å². The van der Waals surface area contributed by atoms with Crippen LogP contribution in [-0.2, 0) is 0 Å². The molecule has 5 nitrogen and oxygen atoms in total. The van der Waals surface area contributed by atoms with E-state index < -0.39 is 5.56 Å². The van der Waals surface area contributed by atoms with Crippen LogP contribution in [0.25, 0.3) is 11.7 Å². The second-order valence-electron chi connectivity index (χ2n) is 2.50. The third-order valence-corrected chi connectivity index (χ3v) is 1.58. The van der Waals surface area contributed by atoms with E-state index in [0.29, 0.717) is 5.76 Å². The summed E-state index contributed by atoms with van der Waals surface area (Å²) >= 11 is 0. The average Bonchev–Trinajstić information content (AvgIpc) is 2.69. The van der Waals surface area contributed by atoms with Crippen LogP contribution in [-0.4, -0.2) is 12.1 Å². The molecule has 2 heterocycles. The molecule has 0 amide bonds. The highest BCUT2D eigenvalue weighted by molar-refractivity contribution is 5.43. The number of nitrogens with zero attached hydrogens (tertiary/aromatic N) is 1. The fraction of sp³-hybridized carbons (Fsp3) is 0.111. The number of aromatic nitrogens is 1. The summed E-state index contributed by atoms with van der Waals surface area (Å²) < 4.78 is 14.9. The van der Waals surface area contributed by atoms with Gasteiger partial charge < -0.3 is 13.6 Å². The highest BCUT2D eigenvalue weighted by atomic mass is 16.6.